The highest BCUT2D eigenvalue weighted by atomic mass is 19.4. The largest absolute Gasteiger partial charge is 0.481 e. The van der Waals surface area contributed by atoms with Crippen LogP contribution in [0.2, 0.25) is 6.32 Å². The van der Waals surface area contributed by atoms with Gasteiger partial charge in [-0.25, -0.2) is 0 Å². The van der Waals surface area contributed by atoms with E-state index in [0.717, 1.165) is 6.92 Å². The molecule has 0 aliphatic rings. The zero-order valence-electron chi connectivity index (χ0n) is 5.44. The Balaban J connectivity index is 3.29. The Bertz CT molecular complexity index is 122. The Labute approximate surface area is 56.4 Å². The van der Waals surface area contributed by atoms with Crippen molar-refractivity contribution in [1.29, 1.82) is 0 Å². The van der Waals surface area contributed by atoms with E-state index in [-0.39, 0.29) is 0 Å². The summed E-state index contributed by atoms with van der Waals surface area (Å²) in [4.78, 5) is 9.95. The molecule has 0 bridgehead atoms. The van der Waals surface area contributed by atoms with E-state index < -0.39 is 25.9 Å². The first-order valence-electron chi connectivity index (χ1n) is 2.76. The summed E-state index contributed by atoms with van der Waals surface area (Å²) in [7, 11) is 0. The lowest BCUT2D eigenvalue weighted by Crippen LogP contribution is -2.18. The smallest absolute Gasteiger partial charge is 0.469 e. The first-order chi connectivity index (χ1) is 4.42. The third-order valence-electron chi connectivity index (χ3n) is 0.751. The molecule has 0 aromatic rings. The van der Waals surface area contributed by atoms with Crippen molar-refractivity contribution in [1.82, 2.24) is 0 Å². The molecular formula is C4H7BF3O2-. The molecule has 0 saturated carbocycles. The van der Waals surface area contributed by atoms with Crippen molar-refractivity contribution >= 4 is 12.9 Å². The lowest BCUT2D eigenvalue weighted by Gasteiger charge is -2.11. The second-order valence-corrected chi connectivity index (χ2v) is 1.84. The van der Waals surface area contributed by atoms with Gasteiger partial charge in [-0.1, -0.05) is 6.32 Å². The molecule has 0 aliphatic carbocycles. The molecule has 6 heteroatoms. The third kappa shape index (κ3) is 7.32. The molecule has 0 N–H and O–H groups in total. The van der Waals surface area contributed by atoms with Crippen molar-refractivity contribution in [3.8, 4) is 0 Å². The third-order valence-corrected chi connectivity index (χ3v) is 0.751. The lowest BCUT2D eigenvalue weighted by atomic mass is 9.87. The van der Waals surface area contributed by atoms with E-state index in [9.17, 15) is 17.7 Å². The highest BCUT2D eigenvalue weighted by Crippen LogP contribution is 2.13. The summed E-state index contributed by atoms with van der Waals surface area (Å²) in [6.07, 6.45) is -1.01. The Kier molecular flexibility index (Phi) is 3.25. The van der Waals surface area contributed by atoms with Crippen LogP contribution in [0.1, 0.15) is 6.92 Å². The van der Waals surface area contributed by atoms with Gasteiger partial charge in [-0.2, -0.15) is 0 Å². The van der Waals surface area contributed by atoms with Gasteiger partial charge in [0.2, 0.25) is 0 Å². The minimum absolute atomic E-state index is 0.557. The van der Waals surface area contributed by atoms with Crippen LogP contribution in [0.3, 0.4) is 0 Å². The van der Waals surface area contributed by atoms with Gasteiger partial charge in [0, 0.05) is 6.92 Å². The second kappa shape index (κ2) is 3.48. The van der Waals surface area contributed by atoms with Gasteiger partial charge in [0.15, 0.2) is 0 Å². The fourth-order valence-corrected chi connectivity index (χ4v) is 0.336. The highest BCUT2D eigenvalue weighted by Gasteiger charge is 2.22. The van der Waals surface area contributed by atoms with Crippen molar-refractivity contribution in [2.24, 2.45) is 0 Å². The van der Waals surface area contributed by atoms with Gasteiger partial charge in [0.1, 0.15) is 0 Å². The van der Waals surface area contributed by atoms with Crippen molar-refractivity contribution in [3.63, 3.8) is 0 Å². The number of carbonyl (C=O) groups excluding carboxylic acids is 1. The summed E-state index contributed by atoms with van der Waals surface area (Å²) in [6, 6.07) is 0. The molecule has 0 atom stereocenters. The molecule has 2 nitrogen and oxygen atoms in total. The van der Waals surface area contributed by atoms with Crippen LogP contribution >= 0.6 is 0 Å². The van der Waals surface area contributed by atoms with Crippen LogP contribution in [0.25, 0.3) is 0 Å². The van der Waals surface area contributed by atoms with Crippen LogP contribution in [0, 0.1) is 0 Å². The molecule has 0 amide bonds. The number of rotatable bonds is 3. The van der Waals surface area contributed by atoms with E-state index in [0.29, 0.717) is 0 Å². The van der Waals surface area contributed by atoms with Crippen LogP contribution < -0.4 is 0 Å². The molecule has 0 radical (unpaired) electrons. The number of hydrogen-bond acceptors (Lipinski definition) is 2. The van der Waals surface area contributed by atoms with Gasteiger partial charge in [0.25, 0.3) is 0 Å². The number of carbonyl (C=O) groups is 1. The van der Waals surface area contributed by atoms with Crippen molar-refractivity contribution < 1.29 is 22.5 Å². The predicted octanol–water partition coefficient (Wildman–Crippen LogP) is 1.40. The fourth-order valence-electron chi connectivity index (χ4n) is 0.336. The zero-order valence-corrected chi connectivity index (χ0v) is 5.44. The molecular weight excluding hydrogens is 148 g/mol. The molecule has 60 valence electrons. The summed E-state index contributed by atoms with van der Waals surface area (Å²) >= 11 is 0. The quantitative estimate of drug-likeness (QED) is 0.454. The van der Waals surface area contributed by atoms with Crippen molar-refractivity contribution in [3.05, 3.63) is 0 Å². The summed E-state index contributed by atoms with van der Waals surface area (Å²) in [5, 5.41) is 0. The number of hydrogen-bond donors (Lipinski definition) is 0. The maximum absolute atomic E-state index is 11.4. The standard InChI is InChI=1S/C4H7BF3O2/c1-4(9)10-3-2-5(6,7)8/h2-3H2,1H3/q-1. The molecule has 10 heavy (non-hydrogen) atoms. The van der Waals surface area contributed by atoms with Crippen LogP contribution in [0.4, 0.5) is 12.9 Å². The summed E-state index contributed by atoms with van der Waals surface area (Å²) < 4.78 is 38.2. The van der Waals surface area contributed by atoms with Gasteiger partial charge >= 0.3 is 12.9 Å². The van der Waals surface area contributed by atoms with Crippen LogP contribution in [0.15, 0.2) is 0 Å². The molecule has 0 spiro atoms. The van der Waals surface area contributed by atoms with E-state index in [2.05, 4.69) is 4.74 Å². The lowest BCUT2D eigenvalue weighted by molar-refractivity contribution is -0.140. The fraction of sp³-hybridized carbons (Fsp3) is 0.750. The van der Waals surface area contributed by atoms with Gasteiger partial charge in [0.05, 0.1) is 6.61 Å². The molecule has 0 aliphatic heterocycles. The molecule has 0 fully saturated rings. The molecule has 0 aromatic carbocycles. The SMILES string of the molecule is CC(=O)OCC[B-](F)(F)F. The minimum atomic E-state index is -4.81. The van der Waals surface area contributed by atoms with Gasteiger partial charge in [-0.3, -0.25) is 4.79 Å². The minimum Gasteiger partial charge on any atom is -0.469 e. The van der Waals surface area contributed by atoms with Gasteiger partial charge < -0.3 is 17.7 Å². The maximum Gasteiger partial charge on any atom is 0.481 e. The van der Waals surface area contributed by atoms with E-state index in [1.807, 2.05) is 0 Å². The highest BCUT2D eigenvalue weighted by molar-refractivity contribution is 6.58. The van der Waals surface area contributed by atoms with E-state index in [4.69, 9.17) is 0 Å². The Morgan fingerprint density at radius 2 is 2.00 bits per heavy atom. The van der Waals surface area contributed by atoms with E-state index in [1.165, 1.54) is 0 Å². The zero-order chi connectivity index (χ0) is 8.20. The second-order valence-electron chi connectivity index (χ2n) is 1.84. The van der Waals surface area contributed by atoms with E-state index >= 15 is 0 Å². The number of esters is 1. The van der Waals surface area contributed by atoms with Gasteiger partial charge in [-0.15, -0.1) is 0 Å². The van der Waals surface area contributed by atoms with Gasteiger partial charge in [-0.05, 0) is 0 Å². The van der Waals surface area contributed by atoms with Crippen molar-refractivity contribution in [2.75, 3.05) is 6.61 Å². The topological polar surface area (TPSA) is 26.3 Å². The summed E-state index contributed by atoms with van der Waals surface area (Å²) in [6.45, 7) is -4.29. The maximum atomic E-state index is 11.4. The average Bonchev–Trinajstić information content (AvgIpc) is 1.59. The predicted molar refractivity (Wildman–Crippen MR) is 30.5 cm³/mol. The van der Waals surface area contributed by atoms with Crippen LogP contribution in [-0.2, 0) is 9.53 Å². The molecule has 0 unspecified atom stereocenters. The first kappa shape index (κ1) is 9.32. The van der Waals surface area contributed by atoms with Crippen molar-refractivity contribution in [2.45, 2.75) is 13.2 Å². The first-order valence-corrected chi connectivity index (χ1v) is 2.76. The normalized spacial score (nSPS) is 11.2. The van der Waals surface area contributed by atoms with Crippen LogP contribution in [0.5, 0.6) is 0 Å². The average molecular weight is 155 g/mol. The monoisotopic (exact) mass is 155 g/mol. The molecule has 0 aromatic heterocycles. The Morgan fingerprint density at radius 3 is 2.30 bits per heavy atom. The summed E-state index contributed by atoms with van der Waals surface area (Å²) in [5.41, 5.74) is 0. The molecule has 0 heterocycles. The number of ether oxygens (including phenoxy) is 1. The summed E-state index contributed by atoms with van der Waals surface area (Å²) in [5.74, 6) is -0.681. The Morgan fingerprint density at radius 1 is 1.50 bits per heavy atom. The van der Waals surface area contributed by atoms with Crippen LogP contribution in [-0.4, -0.2) is 19.6 Å². The Hall–Kier alpha value is -0.675. The van der Waals surface area contributed by atoms with E-state index in [1.54, 1.807) is 0 Å². The molecule has 0 rings (SSSR count). The molecule has 0 saturated heterocycles. The number of halogens is 3.